The number of esters is 1. The number of amides is 1. The molecular formula is C19H20N2O4S. The van der Waals surface area contributed by atoms with Gasteiger partial charge in [0.25, 0.3) is 5.91 Å². The number of furan rings is 1. The van der Waals surface area contributed by atoms with Crippen LogP contribution in [0.2, 0.25) is 0 Å². The molecule has 0 spiro atoms. The lowest BCUT2D eigenvalue weighted by atomic mass is 10.1. The number of thiazole rings is 1. The van der Waals surface area contributed by atoms with Gasteiger partial charge in [-0.3, -0.25) is 9.59 Å². The van der Waals surface area contributed by atoms with Crippen LogP contribution in [0.25, 0.3) is 10.2 Å². The number of nitrogens with zero attached hydrogens (tertiary/aromatic N) is 2. The highest BCUT2D eigenvalue weighted by molar-refractivity contribution is 7.16. The normalized spacial score (nSPS) is 12.0. The summed E-state index contributed by atoms with van der Waals surface area (Å²) in [6, 6.07) is 5.73. The van der Waals surface area contributed by atoms with E-state index < -0.39 is 5.97 Å². The fourth-order valence-corrected chi connectivity index (χ4v) is 4.01. The Morgan fingerprint density at radius 3 is 2.54 bits per heavy atom. The molecule has 0 fully saturated rings. The summed E-state index contributed by atoms with van der Waals surface area (Å²) in [4.78, 5) is 29.2. The van der Waals surface area contributed by atoms with Crippen LogP contribution < -0.4 is 4.80 Å². The van der Waals surface area contributed by atoms with Gasteiger partial charge in [-0.05, 0) is 51.0 Å². The van der Waals surface area contributed by atoms with Crippen molar-refractivity contribution in [3.05, 3.63) is 51.2 Å². The highest BCUT2D eigenvalue weighted by Crippen LogP contribution is 2.24. The van der Waals surface area contributed by atoms with Crippen molar-refractivity contribution < 1.29 is 18.7 Å². The molecule has 7 heteroatoms. The smallest absolute Gasteiger partial charge is 0.325 e. The Hall–Kier alpha value is -2.67. The Bertz CT molecular complexity index is 1090. The number of carbonyl (C=O) groups is 2. The molecular weight excluding hydrogens is 352 g/mol. The summed E-state index contributed by atoms with van der Waals surface area (Å²) in [6.07, 6.45) is 0. The summed E-state index contributed by atoms with van der Waals surface area (Å²) in [5.74, 6) is 0.405. The van der Waals surface area contributed by atoms with Crippen molar-refractivity contribution in [3.63, 3.8) is 0 Å². The summed E-state index contributed by atoms with van der Waals surface area (Å²) in [6.45, 7) is 7.51. The number of rotatable bonds is 3. The van der Waals surface area contributed by atoms with Crippen molar-refractivity contribution >= 4 is 33.4 Å². The summed E-state index contributed by atoms with van der Waals surface area (Å²) in [5.41, 5.74) is 3.44. The molecule has 0 saturated carbocycles. The number of methoxy groups -OCH3 is 1. The first-order valence-corrected chi connectivity index (χ1v) is 8.95. The van der Waals surface area contributed by atoms with Crippen LogP contribution in [0.5, 0.6) is 0 Å². The molecule has 0 saturated heterocycles. The minimum absolute atomic E-state index is 0.00506. The Morgan fingerprint density at radius 2 is 1.92 bits per heavy atom. The van der Waals surface area contributed by atoms with Gasteiger partial charge in [0, 0.05) is 0 Å². The molecule has 0 N–H and O–H groups in total. The first kappa shape index (κ1) is 18.1. The Balaban J connectivity index is 2.22. The monoisotopic (exact) mass is 372 g/mol. The molecule has 0 bridgehead atoms. The maximum Gasteiger partial charge on any atom is 0.325 e. The van der Waals surface area contributed by atoms with Gasteiger partial charge < -0.3 is 13.7 Å². The molecule has 26 heavy (non-hydrogen) atoms. The molecule has 3 aromatic rings. The molecule has 0 radical (unpaired) electrons. The zero-order valence-electron chi connectivity index (χ0n) is 15.4. The van der Waals surface area contributed by atoms with Crippen LogP contribution in [0.4, 0.5) is 0 Å². The number of hydrogen-bond donors (Lipinski definition) is 0. The average Bonchev–Trinajstić information content (AvgIpc) is 3.08. The van der Waals surface area contributed by atoms with Crippen molar-refractivity contribution in [2.24, 2.45) is 4.99 Å². The van der Waals surface area contributed by atoms with E-state index in [0.29, 0.717) is 21.9 Å². The van der Waals surface area contributed by atoms with Crippen LogP contribution in [0.15, 0.2) is 27.6 Å². The lowest BCUT2D eigenvalue weighted by molar-refractivity contribution is -0.141. The fourth-order valence-electron chi connectivity index (χ4n) is 2.93. The van der Waals surface area contributed by atoms with Crippen molar-refractivity contribution in [2.75, 3.05) is 7.11 Å². The van der Waals surface area contributed by atoms with Gasteiger partial charge in [0.2, 0.25) is 0 Å². The van der Waals surface area contributed by atoms with Crippen LogP contribution in [0, 0.1) is 27.7 Å². The van der Waals surface area contributed by atoms with E-state index in [9.17, 15) is 9.59 Å². The first-order valence-electron chi connectivity index (χ1n) is 8.13. The second-order valence-electron chi connectivity index (χ2n) is 6.22. The van der Waals surface area contributed by atoms with E-state index in [0.717, 1.165) is 21.3 Å². The summed E-state index contributed by atoms with van der Waals surface area (Å²) in [7, 11) is 1.34. The summed E-state index contributed by atoms with van der Waals surface area (Å²) in [5, 5.41) is 0. The van der Waals surface area contributed by atoms with Crippen LogP contribution in [-0.2, 0) is 16.1 Å². The Labute approximate surface area is 154 Å². The quantitative estimate of drug-likeness (QED) is 0.660. The van der Waals surface area contributed by atoms with Crippen molar-refractivity contribution in [2.45, 2.75) is 34.2 Å². The van der Waals surface area contributed by atoms with E-state index in [2.05, 4.69) is 11.1 Å². The number of fused-ring (bicyclic) bond motifs is 1. The fraction of sp³-hybridized carbons (Fsp3) is 0.316. The van der Waals surface area contributed by atoms with E-state index in [1.165, 1.54) is 18.4 Å². The number of ether oxygens (including phenoxy) is 1. The number of aromatic nitrogens is 1. The molecule has 0 aliphatic heterocycles. The number of hydrogen-bond acceptors (Lipinski definition) is 5. The van der Waals surface area contributed by atoms with Gasteiger partial charge in [-0.1, -0.05) is 17.4 Å². The highest BCUT2D eigenvalue weighted by atomic mass is 32.1. The number of carbonyl (C=O) groups excluding carboxylic acids is 2. The molecule has 6 nitrogen and oxygen atoms in total. The standard InChI is InChI=1S/C19H20N2O4S/c1-10-6-11(2)17-15(7-10)21(9-16(22)24-5)19(26-17)20-18(23)14-8-12(3)25-13(14)4/h6-8H,9H2,1-5H3. The van der Waals surface area contributed by atoms with Gasteiger partial charge in [-0.2, -0.15) is 4.99 Å². The van der Waals surface area contributed by atoms with Gasteiger partial charge in [0.1, 0.15) is 18.1 Å². The first-order chi connectivity index (χ1) is 12.3. The van der Waals surface area contributed by atoms with E-state index in [1.807, 2.05) is 19.9 Å². The minimum atomic E-state index is -0.395. The number of benzene rings is 1. The SMILES string of the molecule is COC(=O)Cn1c(=NC(=O)c2cc(C)oc2C)sc2c(C)cc(C)cc21. The zero-order chi connectivity index (χ0) is 19.0. The molecule has 3 rings (SSSR count). The second kappa shape index (κ2) is 6.92. The number of aryl methyl sites for hydroxylation is 4. The molecule has 0 unspecified atom stereocenters. The third-order valence-corrected chi connectivity index (χ3v) is 5.33. The zero-order valence-corrected chi connectivity index (χ0v) is 16.2. The van der Waals surface area contributed by atoms with Gasteiger partial charge in [0.05, 0.1) is 22.9 Å². The van der Waals surface area contributed by atoms with Gasteiger partial charge in [-0.25, -0.2) is 0 Å². The van der Waals surface area contributed by atoms with Crippen LogP contribution in [-0.4, -0.2) is 23.6 Å². The molecule has 0 aliphatic carbocycles. The van der Waals surface area contributed by atoms with E-state index in [4.69, 9.17) is 9.15 Å². The van der Waals surface area contributed by atoms with Crippen molar-refractivity contribution in [1.29, 1.82) is 0 Å². The maximum absolute atomic E-state index is 12.6. The molecule has 1 amide bonds. The third kappa shape index (κ3) is 3.35. The summed E-state index contributed by atoms with van der Waals surface area (Å²) < 4.78 is 12.9. The van der Waals surface area contributed by atoms with Crippen LogP contribution in [0.3, 0.4) is 0 Å². The average molecular weight is 372 g/mol. The third-order valence-electron chi connectivity index (χ3n) is 4.10. The van der Waals surface area contributed by atoms with E-state index in [-0.39, 0.29) is 12.5 Å². The molecule has 0 aliphatic rings. The van der Waals surface area contributed by atoms with Gasteiger partial charge >= 0.3 is 5.97 Å². The maximum atomic E-state index is 12.6. The lowest BCUT2D eigenvalue weighted by Crippen LogP contribution is -2.22. The Morgan fingerprint density at radius 1 is 1.19 bits per heavy atom. The molecule has 0 atom stereocenters. The van der Waals surface area contributed by atoms with Gasteiger partial charge in [0.15, 0.2) is 4.80 Å². The largest absolute Gasteiger partial charge is 0.468 e. The van der Waals surface area contributed by atoms with Crippen molar-refractivity contribution in [3.8, 4) is 0 Å². The van der Waals surface area contributed by atoms with E-state index in [1.54, 1.807) is 24.5 Å². The second-order valence-corrected chi connectivity index (χ2v) is 7.20. The predicted molar refractivity (Wildman–Crippen MR) is 99.4 cm³/mol. The van der Waals surface area contributed by atoms with Crippen LogP contribution >= 0.6 is 11.3 Å². The molecule has 2 aromatic heterocycles. The molecule has 1 aromatic carbocycles. The lowest BCUT2D eigenvalue weighted by Gasteiger charge is -2.05. The Kier molecular flexibility index (Phi) is 4.82. The van der Waals surface area contributed by atoms with Gasteiger partial charge in [-0.15, -0.1) is 0 Å². The molecule has 136 valence electrons. The minimum Gasteiger partial charge on any atom is -0.468 e. The summed E-state index contributed by atoms with van der Waals surface area (Å²) >= 11 is 1.38. The predicted octanol–water partition coefficient (Wildman–Crippen LogP) is 3.44. The van der Waals surface area contributed by atoms with Crippen LogP contribution in [0.1, 0.15) is 33.0 Å². The van der Waals surface area contributed by atoms with Crippen molar-refractivity contribution in [1.82, 2.24) is 4.57 Å². The molecule has 2 heterocycles. The van der Waals surface area contributed by atoms with E-state index >= 15 is 0 Å². The highest BCUT2D eigenvalue weighted by Gasteiger charge is 2.16. The topological polar surface area (TPSA) is 73.8 Å².